The van der Waals surface area contributed by atoms with Crippen molar-refractivity contribution in [2.75, 3.05) is 14.2 Å². The molecule has 0 unspecified atom stereocenters. The van der Waals surface area contributed by atoms with Gasteiger partial charge in [-0.2, -0.15) is 5.26 Å². The molecule has 1 aromatic heterocycles. The van der Waals surface area contributed by atoms with Crippen LogP contribution < -0.4 is 9.47 Å². The van der Waals surface area contributed by atoms with Crippen LogP contribution in [0.2, 0.25) is 0 Å². The van der Waals surface area contributed by atoms with Crippen molar-refractivity contribution in [3.05, 3.63) is 64.0 Å². The van der Waals surface area contributed by atoms with Crippen LogP contribution in [0.5, 0.6) is 11.5 Å². The van der Waals surface area contributed by atoms with Crippen LogP contribution >= 0.6 is 11.3 Å². The maximum absolute atomic E-state index is 9.71. The minimum absolute atomic E-state index is 0.493. The molecular formula is C24H24N2O2S. The molecule has 0 aliphatic rings. The molecule has 1 heterocycles. The maximum atomic E-state index is 9.71. The monoisotopic (exact) mass is 404 g/mol. The van der Waals surface area contributed by atoms with E-state index in [1.54, 1.807) is 20.3 Å². The molecule has 0 N–H and O–H groups in total. The van der Waals surface area contributed by atoms with Crippen molar-refractivity contribution in [2.24, 2.45) is 0 Å². The van der Waals surface area contributed by atoms with Gasteiger partial charge in [-0.25, -0.2) is 4.98 Å². The predicted octanol–water partition coefficient (Wildman–Crippen LogP) is 6.23. The Hall–Kier alpha value is -3.10. The van der Waals surface area contributed by atoms with Gasteiger partial charge in [-0.1, -0.05) is 37.6 Å². The van der Waals surface area contributed by atoms with E-state index < -0.39 is 0 Å². The molecule has 5 heteroatoms. The molecular weight excluding hydrogens is 380 g/mol. The molecule has 0 saturated heterocycles. The molecule has 0 radical (unpaired) electrons. The molecule has 0 atom stereocenters. The van der Waals surface area contributed by atoms with Crippen molar-refractivity contribution in [3.63, 3.8) is 0 Å². The van der Waals surface area contributed by atoms with Crippen LogP contribution in [0, 0.1) is 11.3 Å². The lowest BCUT2D eigenvalue weighted by atomic mass is 10.1. The van der Waals surface area contributed by atoms with Crippen LogP contribution in [0.3, 0.4) is 0 Å². The smallest absolute Gasteiger partial charge is 0.134 e. The second-order valence-electron chi connectivity index (χ2n) is 6.62. The number of nitriles is 1. The summed E-state index contributed by atoms with van der Waals surface area (Å²) in [5, 5.41) is 12.4. The van der Waals surface area contributed by atoms with E-state index in [9.17, 15) is 5.26 Å². The van der Waals surface area contributed by atoms with Gasteiger partial charge in [0.05, 0.1) is 25.5 Å². The molecule has 148 valence electrons. The van der Waals surface area contributed by atoms with Crippen molar-refractivity contribution >= 4 is 23.0 Å². The zero-order valence-electron chi connectivity index (χ0n) is 16.9. The summed E-state index contributed by atoms with van der Waals surface area (Å²) in [5.41, 5.74) is 4.55. The van der Waals surface area contributed by atoms with E-state index in [0.717, 1.165) is 23.2 Å². The Morgan fingerprint density at radius 1 is 1.14 bits per heavy atom. The largest absolute Gasteiger partial charge is 0.497 e. The number of nitrogens with zero attached hydrogens (tertiary/aromatic N) is 2. The zero-order chi connectivity index (χ0) is 20.6. The third kappa shape index (κ3) is 5.04. The first-order valence-corrected chi connectivity index (χ1v) is 10.5. The number of thiazole rings is 1. The summed E-state index contributed by atoms with van der Waals surface area (Å²) < 4.78 is 10.7. The first-order chi connectivity index (χ1) is 14.2. The summed E-state index contributed by atoms with van der Waals surface area (Å²) in [6, 6.07) is 16.3. The van der Waals surface area contributed by atoms with E-state index in [0.29, 0.717) is 22.1 Å². The Bertz CT molecular complexity index is 1030. The number of ether oxygens (including phenoxy) is 2. The molecule has 0 aliphatic carbocycles. The molecule has 2 aromatic carbocycles. The number of rotatable bonds is 8. The highest BCUT2D eigenvalue weighted by atomic mass is 32.1. The molecule has 0 fully saturated rings. The van der Waals surface area contributed by atoms with Gasteiger partial charge in [-0.05, 0) is 42.7 Å². The van der Waals surface area contributed by atoms with E-state index in [4.69, 9.17) is 14.5 Å². The second kappa shape index (κ2) is 9.90. The zero-order valence-corrected chi connectivity index (χ0v) is 17.8. The van der Waals surface area contributed by atoms with Gasteiger partial charge in [0.15, 0.2) is 0 Å². The molecule has 0 amide bonds. The fraction of sp³-hybridized carbons (Fsp3) is 0.250. The highest BCUT2D eigenvalue weighted by molar-refractivity contribution is 7.11. The van der Waals surface area contributed by atoms with Gasteiger partial charge in [0.1, 0.15) is 22.6 Å². The lowest BCUT2D eigenvalue weighted by molar-refractivity contribution is 0.402. The minimum atomic E-state index is 0.493. The van der Waals surface area contributed by atoms with Crippen LogP contribution in [-0.4, -0.2) is 19.2 Å². The molecule has 0 saturated carbocycles. The Morgan fingerprint density at radius 3 is 2.59 bits per heavy atom. The van der Waals surface area contributed by atoms with Crippen molar-refractivity contribution in [1.82, 2.24) is 4.98 Å². The second-order valence-corrected chi connectivity index (χ2v) is 7.47. The minimum Gasteiger partial charge on any atom is -0.497 e. The van der Waals surface area contributed by atoms with Gasteiger partial charge in [-0.15, -0.1) is 11.3 Å². The first-order valence-electron chi connectivity index (χ1n) is 9.57. The van der Waals surface area contributed by atoms with E-state index in [1.165, 1.54) is 29.7 Å². The van der Waals surface area contributed by atoms with Gasteiger partial charge in [-0.3, -0.25) is 0 Å². The average Bonchev–Trinajstić information content (AvgIpc) is 3.26. The van der Waals surface area contributed by atoms with Crippen molar-refractivity contribution in [2.45, 2.75) is 26.2 Å². The molecule has 0 aliphatic heterocycles. The van der Waals surface area contributed by atoms with Crippen LogP contribution in [0.4, 0.5) is 0 Å². The van der Waals surface area contributed by atoms with Gasteiger partial charge in [0.25, 0.3) is 0 Å². The number of unbranched alkanes of at least 4 members (excludes halogenated alkanes) is 1. The predicted molar refractivity (Wildman–Crippen MR) is 119 cm³/mol. The number of hydrogen-bond donors (Lipinski definition) is 0. The summed E-state index contributed by atoms with van der Waals surface area (Å²) in [4.78, 5) is 4.69. The summed E-state index contributed by atoms with van der Waals surface area (Å²) >= 11 is 1.46. The molecule has 0 spiro atoms. The third-order valence-corrected chi connectivity index (χ3v) is 5.54. The number of methoxy groups -OCH3 is 2. The molecule has 0 bridgehead atoms. The van der Waals surface area contributed by atoms with Gasteiger partial charge < -0.3 is 9.47 Å². The number of aryl methyl sites for hydroxylation is 1. The molecule has 4 nitrogen and oxygen atoms in total. The standard InChI is InChI=1S/C24H24N2O2S/c1-4-5-6-17-7-9-18(10-8-17)22-16-29-24(26-22)20(15-25)13-19-14-21(27-2)11-12-23(19)28-3/h7-14,16H,4-6H2,1-3H3. The molecule has 3 aromatic rings. The molecule has 3 rings (SSSR count). The van der Waals surface area contributed by atoms with Crippen molar-refractivity contribution < 1.29 is 9.47 Å². The van der Waals surface area contributed by atoms with Gasteiger partial charge in [0, 0.05) is 16.5 Å². The van der Waals surface area contributed by atoms with E-state index in [-0.39, 0.29) is 0 Å². The van der Waals surface area contributed by atoms with Gasteiger partial charge in [0.2, 0.25) is 0 Å². The molecule has 29 heavy (non-hydrogen) atoms. The summed E-state index contributed by atoms with van der Waals surface area (Å²) in [7, 11) is 3.22. The van der Waals surface area contributed by atoms with E-state index in [2.05, 4.69) is 37.3 Å². The lowest BCUT2D eigenvalue weighted by Crippen LogP contribution is -1.90. The Balaban J connectivity index is 1.88. The summed E-state index contributed by atoms with van der Waals surface area (Å²) in [6.07, 6.45) is 5.28. The van der Waals surface area contributed by atoms with Crippen LogP contribution in [-0.2, 0) is 6.42 Å². The normalized spacial score (nSPS) is 11.2. The summed E-state index contributed by atoms with van der Waals surface area (Å²) in [6.45, 7) is 2.20. The highest BCUT2D eigenvalue weighted by Crippen LogP contribution is 2.31. The highest BCUT2D eigenvalue weighted by Gasteiger charge is 2.11. The maximum Gasteiger partial charge on any atom is 0.134 e. The lowest BCUT2D eigenvalue weighted by Gasteiger charge is -2.07. The number of hydrogen-bond acceptors (Lipinski definition) is 5. The average molecular weight is 405 g/mol. The fourth-order valence-electron chi connectivity index (χ4n) is 3.00. The van der Waals surface area contributed by atoms with Crippen LogP contribution in [0.25, 0.3) is 22.9 Å². The third-order valence-electron chi connectivity index (χ3n) is 4.66. The Labute approximate surface area is 176 Å². The fourth-order valence-corrected chi connectivity index (χ4v) is 3.80. The van der Waals surface area contributed by atoms with Crippen LogP contribution in [0.1, 0.15) is 35.9 Å². The van der Waals surface area contributed by atoms with Crippen molar-refractivity contribution in [1.29, 1.82) is 5.26 Å². The Kier molecular flexibility index (Phi) is 7.04. The summed E-state index contributed by atoms with van der Waals surface area (Å²) in [5.74, 6) is 1.38. The van der Waals surface area contributed by atoms with Gasteiger partial charge >= 0.3 is 0 Å². The quantitative estimate of drug-likeness (QED) is 0.417. The van der Waals surface area contributed by atoms with Crippen LogP contribution in [0.15, 0.2) is 47.8 Å². The number of benzene rings is 2. The number of allylic oxidation sites excluding steroid dienone is 1. The van der Waals surface area contributed by atoms with E-state index >= 15 is 0 Å². The first kappa shape index (κ1) is 20.6. The number of aromatic nitrogens is 1. The SMILES string of the molecule is CCCCc1ccc(-c2csc(C(C#N)=Cc3cc(OC)ccc3OC)n2)cc1. The Morgan fingerprint density at radius 2 is 1.93 bits per heavy atom. The topological polar surface area (TPSA) is 55.1 Å². The van der Waals surface area contributed by atoms with Crippen molar-refractivity contribution in [3.8, 4) is 28.8 Å². The van der Waals surface area contributed by atoms with E-state index in [1.807, 2.05) is 23.6 Å².